The van der Waals surface area contributed by atoms with Crippen LogP contribution in [0, 0.1) is 10.1 Å². The lowest BCUT2D eigenvalue weighted by Gasteiger charge is -2.22. The first kappa shape index (κ1) is 25.6. The van der Waals surface area contributed by atoms with Gasteiger partial charge in [-0.25, -0.2) is 4.99 Å². The van der Waals surface area contributed by atoms with Gasteiger partial charge in [-0.3, -0.25) is 14.9 Å². The number of para-hydroxylation sites is 1. The van der Waals surface area contributed by atoms with Crippen molar-refractivity contribution in [2.75, 3.05) is 17.3 Å². The lowest BCUT2D eigenvalue weighted by Crippen LogP contribution is -2.47. The van der Waals surface area contributed by atoms with E-state index in [1.54, 1.807) is 36.2 Å². The minimum atomic E-state index is -0.942. The van der Waals surface area contributed by atoms with E-state index in [2.05, 4.69) is 10.6 Å². The van der Waals surface area contributed by atoms with Gasteiger partial charge in [-0.05, 0) is 54.7 Å². The molecule has 194 valence electrons. The number of nitro benzene ring substituents is 1. The van der Waals surface area contributed by atoms with Gasteiger partial charge in [-0.2, -0.15) is 0 Å². The van der Waals surface area contributed by atoms with E-state index in [0.29, 0.717) is 22.9 Å². The van der Waals surface area contributed by atoms with Crippen LogP contribution in [0.2, 0.25) is 0 Å². The zero-order valence-corrected chi connectivity index (χ0v) is 21.6. The van der Waals surface area contributed by atoms with Gasteiger partial charge in [0, 0.05) is 36.0 Å². The van der Waals surface area contributed by atoms with Gasteiger partial charge in [-0.15, -0.1) is 0 Å². The van der Waals surface area contributed by atoms with Crippen molar-refractivity contribution in [3.05, 3.63) is 124 Å². The second kappa shape index (κ2) is 11.1. The van der Waals surface area contributed by atoms with Crippen LogP contribution in [0.3, 0.4) is 0 Å². The van der Waals surface area contributed by atoms with Gasteiger partial charge < -0.3 is 20.3 Å². The number of carbonyl (C=O) groups excluding carboxylic acids is 1. The Bertz CT molecular complexity index is 1560. The number of benzene rings is 4. The number of carbonyl (C=O) groups is 1. The largest absolute Gasteiger partial charge is 0.457 e. The number of aliphatic imine (C=N–C) groups is 1. The van der Waals surface area contributed by atoms with E-state index in [9.17, 15) is 14.9 Å². The molecule has 1 heterocycles. The van der Waals surface area contributed by atoms with E-state index in [1.165, 1.54) is 24.3 Å². The maximum Gasteiger partial charge on any atom is 0.272 e. The van der Waals surface area contributed by atoms with Crippen LogP contribution in [-0.2, 0) is 4.79 Å². The molecule has 0 saturated carbocycles. The number of non-ortho nitro benzene ring substituents is 1. The minimum Gasteiger partial charge on any atom is -0.457 e. The van der Waals surface area contributed by atoms with Gasteiger partial charge in [0.25, 0.3) is 11.6 Å². The highest BCUT2D eigenvalue weighted by Crippen LogP contribution is 2.28. The van der Waals surface area contributed by atoms with Crippen LogP contribution < -0.4 is 20.3 Å². The molecular weight excluding hydrogens is 514 g/mol. The quantitative estimate of drug-likeness (QED) is 0.190. The van der Waals surface area contributed by atoms with E-state index < -0.39 is 11.1 Å². The average Bonchev–Trinajstić information content (AvgIpc) is 3.05. The number of likely N-dealkylation sites (N-methyl/N-ethyl adjacent to an activating group) is 1. The normalized spacial score (nSPS) is 14.5. The molecule has 1 unspecified atom stereocenters. The standard InChI is InChI=1S/C29H23N5O4S/c1-33-25-10-6-5-9-24(25)26(19-7-3-2-4-8-19)31-27(28(33)35)32-29(39)30-20-11-15-22(16-12-20)38-23-17-13-21(14-18-23)34(36)37/h2-18,27H,1H3,(H2,30,32,39). The molecule has 9 nitrogen and oxygen atoms in total. The van der Waals surface area contributed by atoms with Crippen LogP contribution in [0.4, 0.5) is 17.1 Å². The molecule has 0 saturated heterocycles. The number of amides is 1. The topological polar surface area (TPSA) is 109 Å². The molecule has 1 aliphatic heterocycles. The highest BCUT2D eigenvalue weighted by molar-refractivity contribution is 7.80. The first-order chi connectivity index (χ1) is 18.9. The number of anilines is 2. The summed E-state index contributed by atoms with van der Waals surface area (Å²) in [6.07, 6.45) is -0.942. The van der Waals surface area contributed by atoms with Crippen molar-refractivity contribution in [3.8, 4) is 11.5 Å². The Hall–Kier alpha value is -5.09. The molecule has 1 aliphatic rings. The molecular formula is C29H23N5O4S. The van der Waals surface area contributed by atoms with Gasteiger partial charge in [0.2, 0.25) is 6.17 Å². The number of thiocarbonyl (C=S) groups is 1. The Morgan fingerprint density at radius 3 is 2.21 bits per heavy atom. The maximum absolute atomic E-state index is 13.4. The molecule has 5 rings (SSSR count). The molecule has 4 aromatic carbocycles. The van der Waals surface area contributed by atoms with Crippen LogP contribution in [0.5, 0.6) is 11.5 Å². The molecule has 2 N–H and O–H groups in total. The fourth-order valence-electron chi connectivity index (χ4n) is 4.11. The zero-order chi connectivity index (χ0) is 27.4. The summed E-state index contributed by atoms with van der Waals surface area (Å²) < 4.78 is 5.75. The summed E-state index contributed by atoms with van der Waals surface area (Å²) in [6.45, 7) is 0. The summed E-state index contributed by atoms with van der Waals surface area (Å²) in [5.41, 5.74) is 3.86. The molecule has 1 atom stereocenters. The molecule has 0 aliphatic carbocycles. The predicted octanol–water partition coefficient (Wildman–Crippen LogP) is 5.51. The second-order valence-corrected chi connectivity index (χ2v) is 9.04. The third-order valence-corrected chi connectivity index (χ3v) is 6.27. The van der Waals surface area contributed by atoms with E-state index in [-0.39, 0.29) is 16.7 Å². The van der Waals surface area contributed by atoms with Crippen LogP contribution >= 0.6 is 12.2 Å². The Balaban J connectivity index is 1.30. The molecule has 0 aromatic heterocycles. The number of nitrogens with zero attached hydrogens (tertiary/aromatic N) is 3. The summed E-state index contributed by atoms with van der Waals surface area (Å²) in [4.78, 5) is 30.1. The summed E-state index contributed by atoms with van der Waals surface area (Å²) >= 11 is 5.52. The van der Waals surface area contributed by atoms with Crippen LogP contribution in [0.15, 0.2) is 108 Å². The molecule has 0 fully saturated rings. The SMILES string of the molecule is CN1C(=O)C(NC(=S)Nc2ccc(Oc3ccc([N+](=O)[O-])cc3)cc2)N=C(c2ccccc2)c2ccccc21. The maximum atomic E-state index is 13.4. The summed E-state index contributed by atoms with van der Waals surface area (Å²) in [5.74, 6) is 0.774. The second-order valence-electron chi connectivity index (χ2n) is 8.64. The van der Waals surface area contributed by atoms with Gasteiger partial charge in [0.05, 0.1) is 16.3 Å². The lowest BCUT2D eigenvalue weighted by atomic mass is 10.0. The Morgan fingerprint density at radius 2 is 1.54 bits per heavy atom. The van der Waals surface area contributed by atoms with Crippen LogP contribution in [0.1, 0.15) is 11.1 Å². The highest BCUT2D eigenvalue weighted by Gasteiger charge is 2.30. The first-order valence-corrected chi connectivity index (χ1v) is 12.4. The van der Waals surface area contributed by atoms with Crippen LogP contribution in [-0.4, -0.2) is 34.9 Å². The van der Waals surface area contributed by atoms with Crippen molar-refractivity contribution in [1.29, 1.82) is 0 Å². The number of rotatable bonds is 6. The smallest absolute Gasteiger partial charge is 0.272 e. The summed E-state index contributed by atoms with van der Waals surface area (Å²) in [6, 6.07) is 30.2. The summed E-state index contributed by atoms with van der Waals surface area (Å²) in [5, 5.41) is 17.2. The number of hydrogen-bond acceptors (Lipinski definition) is 6. The third kappa shape index (κ3) is 5.76. The molecule has 0 radical (unpaired) electrons. The number of ether oxygens (including phenoxy) is 1. The van der Waals surface area contributed by atoms with Crippen molar-refractivity contribution in [2.45, 2.75) is 6.17 Å². The van der Waals surface area contributed by atoms with Crippen molar-refractivity contribution >= 4 is 46.0 Å². The van der Waals surface area contributed by atoms with E-state index in [1.807, 2.05) is 54.6 Å². The van der Waals surface area contributed by atoms with Gasteiger partial charge >= 0.3 is 0 Å². The Kier molecular flexibility index (Phi) is 7.28. The van der Waals surface area contributed by atoms with Gasteiger partial charge in [0.1, 0.15) is 11.5 Å². The molecule has 1 amide bonds. The fraction of sp³-hybridized carbons (Fsp3) is 0.0690. The monoisotopic (exact) mass is 537 g/mol. The van der Waals surface area contributed by atoms with Crippen LogP contribution in [0.25, 0.3) is 0 Å². The molecule has 0 spiro atoms. The molecule has 39 heavy (non-hydrogen) atoms. The number of nitrogens with one attached hydrogen (secondary N) is 2. The Morgan fingerprint density at radius 1 is 0.923 bits per heavy atom. The minimum absolute atomic E-state index is 0.00893. The van der Waals surface area contributed by atoms with Crippen molar-refractivity contribution in [2.24, 2.45) is 4.99 Å². The van der Waals surface area contributed by atoms with Gasteiger partial charge in [0.15, 0.2) is 5.11 Å². The van der Waals surface area contributed by atoms with E-state index >= 15 is 0 Å². The molecule has 0 bridgehead atoms. The summed E-state index contributed by atoms with van der Waals surface area (Å²) in [7, 11) is 1.72. The van der Waals surface area contributed by atoms with Crippen molar-refractivity contribution in [3.63, 3.8) is 0 Å². The number of benzodiazepines with no additional fused rings is 1. The number of hydrogen-bond donors (Lipinski definition) is 2. The van der Waals surface area contributed by atoms with Crippen molar-refractivity contribution in [1.82, 2.24) is 5.32 Å². The highest BCUT2D eigenvalue weighted by atomic mass is 32.1. The van der Waals surface area contributed by atoms with E-state index in [4.69, 9.17) is 21.9 Å². The molecule has 4 aromatic rings. The van der Waals surface area contributed by atoms with E-state index in [0.717, 1.165) is 16.8 Å². The van der Waals surface area contributed by atoms with Crippen molar-refractivity contribution < 1.29 is 14.5 Å². The molecule has 10 heteroatoms. The average molecular weight is 538 g/mol. The fourth-order valence-corrected chi connectivity index (χ4v) is 4.34. The number of fused-ring (bicyclic) bond motifs is 1. The van der Waals surface area contributed by atoms with Gasteiger partial charge in [-0.1, -0.05) is 48.5 Å². The zero-order valence-electron chi connectivity index (χ0n) is 20.8. The predicted molar refractivity (Wildman–Crippen MR) is 155 cm³/mol. The Labute approximate surface area is 229 Å². The lowest BCUT2D eigenvalue weighted by molar-refractivity contribution is -0.384. The number of nitro groups is 1. The third-order valence-electron chi connectivity index (χ3n) is 6.05. The first-order valence-electron chi connectivity index (χ1n) is 12.0.